The lowest BCUT2D eigenvalue weighted by Crippen LogP contribution is -2.29. The molecule has 0 saturated carbocycles. The zero-order chi connectivity index (χ0) is 27.8. The number of nitrogens with one attached hydrogen (secondary N) is 2. The number of aliphatic hydroxyl groups excluding tert-OH is 2. The highest BCUT2D eigenvalue weighted by molar-refractivity contribution is 5.91. The number of methoxy groups -OCH3 is 2. The Morgan fingerprint density at radius 1 is 1.03 bits per heavy atom. The Labute approximate surface area is 226 Å². The van der Waals surface area contributed by atoms with Crippen LogP contribution in [0.5, 0.6) is 23.0 Å². The van der Waals surface area contributed by atoms with Crippen molar-refractivity contribution >= 4 is 22.9 Å². The number of ether oxygens (including phenoxy) is 3. The summed E-state index contributed by atoms with van der Waals surface area (Å²) in [6, 6.07) is 17.1. The van der Waals surface area contributed by atoms with Crippen LogP contribution in [0, 0.1) is 0 Å². The number of aromatic hydroxyl groups is 1. The Balaban J connectivity index is 1.39. The van der Waals surface area contributed by atoms with Crippen LogP contribution in [0.15, 0.2) is 72.9 Å². The first-order valence-corrected chi connectivity index (χ1v) is 12.4. The summed E-state index contributed by atoms with van der Waals surface area (Å²) in [5.41, 5.74) is 3.21. The first-order valence-electron chi connectivity index (χ1n) is 12.4. The second kappa shape index (κ2) is 12.9. The van der Waals surface area contributed by atoms with E-state index >= 15 is 0 Å². The van der Waals surface area contributed by atoms with E-state index in [1.807, 2.05) is 18.3 Å². The molecule has 4 aromatic rings. The SMILES string of the molecule is COc1ccc([C@@H](O)[C@H](CO)Oc2ccc3[nH]cc(CCNC(=O)/C=C/c4ccc(O)cc4)c3c2)cc1OC. The first kappa shape index (κ1) is 27.6. The number of benzene rings is 3. The minimum atomic E-state index is -1.11. The molecular weight excluding hydrogens is 500 g/mol. The highest BCUT2D eigenvalue weighted by Crippen LogP contribution is 2.32. The van der Waals surface area contributed by atoms with Gasteiger partial charge in [-0.1, -0.05) is 18.2 Å². The van der Waals surface area contributed by atoms with Crippen molar-refractivity contribution in [1.82, 2.24) is 10.3 Å². The second-order valence-corrected chi connectivity index (χ2v) is 8.89. The molecule has 2 atom stereocenters. The molecule has 1 aromatic heterocycles. The minimum Gasteiger partial charge on any atom is -0.508 e. The molecule has 0 fully saturated rings. The van der Waals surface area contributed by atoms with Crippen molar-refractivity contribution in [3.05, 3.63) is 89.6 Å². The number of amides is 1. The molecule has 5 N–H and O–H groups in total. The number of phenolic OH excluding ortho intramolecular Hbond substituents is 1. The molecule has 9 nitrogen and oxygen atoms in total. The van der Waals surface area contributed by atoms with Crippen molar-refractivity contribution in [2.24, 2.45) is 0 Å². The number of rotatable bonds is 12. The molecule has 0 saturated heterocycles. The van der Waals surface area contributed by atoms with Crippen LogP contribution in [-0.2, 0) is 11.2 Å². The third-order valence-electron chi connectivity index (χ3n) is 6.32. The van der Waals surface area contributed by atoms with Gasteiger partial charge in [-0.05, 0) is 71.7 Å². The Bertz CT molecular complexity index is 1430. The number of hydrogen-bond donors (Lipinski definition) is 5. The quantitative estimate of drug-likeness (QED) is 0.176. The Morgan fingerprint density at radius 2 is 1.79 bits per heavy atom. The van der Waals surface area contributed by atoms with Gasteiger partial charge in [0.25, 0.3) is 0 Å². The van der Waals surface area contributed by atoms with Crippen LogP contribution < -0.4 is 19.5 Å². The predicted octanol–water partition coefficient (Wildman–Crippen LogP) is 3.74. The maximum absolute atomic E-state index is 12.2. The molecule has 1 amide bonds. The van der Waals surface area contributed by atoms with Crippen molar-refractivity contribution in [3.8, 4) is 23.0 Å². The molecule has 0 spiro atoms. The van der Waals surface area contributed by atoms with Gasteiger partial charge in [0.05, 0.1) is 20.8 Å². The van der Waals surface area contributed by atoms with E-state index in [4.69, 9.17) is 14.2 Å². The van der Waals surface area contributed by atoms with Crippen LogP contribution in [0.2, 0.25) is 0 Å². The number of aliphatic hydroxyl groups is 2. The monoisotopic (exact) mass is 532 g/mol. The summed E-state index contributed by atoms with van der Waals surface area (Å²) in [6.45, 7) is 0.0192. The van der Waals surface area contributed by atoms with Gasteiger partial charge in [-0.3, -0.25) is 4.79 Å². The standard InChI is InChI=1S/C30H32N2O7/c1-37-26-11-6-20(15-27(26)38-2)30(36)28(18-33)39-23-9-10-25-24(16-23)21(17-32-25)13-14-31-29(35)12-5-19-3-7-22(34)8-4-19/h3-12,15-17,28,30,32-34,36H,13-14,18H2,1-2H3,(H,31,35)/b12-5+/t28-,30+/m0/s1. The topological polar surface area (TPSA) is 133 Å². The molecule has 0 radical (unpaired) electrons. The molecule has 0 aliphatic heterocycles. The van der Waals surface area contributed by atoms with Gasteiger partial charge >= 0.3 is 0 Å². The minimum absolute atomic E-state index is 0.171. The zero-order valence-electron chi connectivity index (χ0n) is 21.8. The summed E-state index contributed by atoms with van der Waals surface area (Å²) in [7, 11) is 3.04. The van der Waals surface area contributed by atoms with Gasteiger partial charge in [0.1, 0.15) is 17.6 Å². The van der Waals surface area contributed by atoms with E-state index in [1.54, 1.807) is 54.6 Å². The molecular formula is C30H32N2O7. The summed E-state index contributed by atoms with van der Waals surface area (Å²) in [6.07, 6.45) is 3.57. The first-order chi connectivity index (χ1) is 18.9. The molecule has 0 unspecified atom stereocenters. The van der Waals surface area contributed by atoms with Gasteiger partial charge in [-0.2, -0.15) is 0 Å². The number of H-pyrrole nitrogens is 1. The molecule has 204 valence electrons. The zero-order valence-corrected chi connectivity index (χ0v) is 21.8. The Morgan fingerprint density at radius 3 is 2.51 bits per heavy atom. The number of phenols is 1. The highest BCUT2D eigenvalue weighted by Gasteiger charge is 2.24. The van der Waals surface area contributed by atoms with E-state index in [9.17, 15) is 20.1 Å². The van der Waals surface area contributed by atoms with Crippen LogP contribution in [0.4, 0.5) is 0 Å². The molecule has 1 heterocycles. The fourth-order valence-corrected chi connectivity index (χ4v) is 4.20. The van der Waals surface area contributed by atoms with Crippen molar-refractivity contribution in [1.29, 1.82) is 0 Å². The summed E-state index contributed by atoms with van der Waals surface area (Å²) < 4.78 is 16.5. The Kier molecular flexibility index (Phi) is 9.09. The lowest BCUT2D eigenvalue weighted by Gasteiger charge is -2.23. The van der Waals surface area contributed by atoms with Crippen LogP contribution in [0.25, 0.3) is 17.0 Å². The van der Waals surface area contributed by atoms with Gasteiger partial charge < -0.3 is 39.8 Å². The number of carbonyl (C=O) groups is 1. The van der Waals surface area contributed by atoms with E-state index in [0.29, 0.717) is 35.8 Å². The average molecular weight is 533 g/mol. The number of carbonyl (C=O) groups excluding carboxylic acids is 1. The third kappa shape index (κ3) is 6.90. The second-order valence-electron chi connectivity index (χ2n) is 8.89. The maximum Gasteiger partial charge on any atom is 0.244 e. The fraction of sp³-hybridized carbons (Fsp3) is 0.233. The number of fused-ring (bicyclic) bond motifs is 1. The maximum atomic E-state index is 12.2. The van der Waals surface area contributed by atoms with Gasteiger partial charge in [-0.15, -0.1) is 0 Å². The lowest BCUT2D eigenvalue weighted by atomic mass is 10.0. The van der Waals surface area contributed by atoms with Gasteiger partial charge in [-0.25, -0.2) is 0 Å². The van der Waals surface area contributed by atoms with Crippen LogP contribution >= 0.6 is 0 Å². The summed E-state index contributed by atoms with van der Waals surface area (Å²) in [5, 5.41) is 34.0. The molecule has 4 rings (SSSR count). The van der Waals surface area contributed by atoms with Gasteiger partial charge in [0.2, 0.25) is 5.91 Å². The molecule has 0 bridgehead atoms. The fourth-order valence-electron chi connectivity index (χ4n) is 4.20. The Hall–Kier alpha value is -4.47. The van der Waals surface area contributed by atoms with Crippen molar-refractivity contribution in [3.63, 3.8) is 0 Å². The van der Waals surface area contributed by atoms with Crippen LogP contribution in [0.3, 0.4) is 0 Å². The number of aromatic amines is 1. The van der Waals surface area contributed by atoms with E-state index < -0.39 is 18.8 Å². The molecule has 9 heteroatoms. The van der Waals surface area contributed by atoms with Gasteiger partial charge in [0.15, 0.2) is 17.6 Å². The highest BCUT2D eigenvalue weighted by atomic mass is 16.5. The van der Waals surface area contributed by atoms with Gasteiger partial charge in [0, 0.05) is 29.7 Å². The molecule has 0 aliphatic carbocycles. The lowest BCUT2D eigenvalue weighted by molar-refractivity contribution is -0.116. The largest absolute Gasteiger partial charge is 0.508 e. The summed E-state index contributed by atoms with van der Waals surface area (Å²) in [5.74, 6) is 1.44. The molecule has 39 heavy (non-hydrogen) atoms. The van der Waals surface area contributed by atoms with Crippen molar-refractivity contribution < 1.29 is 34.3 Å². The van der Waals surface area contributed by atoms with E-state index in [1.165, 1.54) is 20.3 Å². The van der Waals surface area contributed by atoms with E-state index in [2.05, 4.69) is 10.3 Å². The summed E-state index contributed by atoms with van der Waals surface area (Å²) in [4.78, 5) is 15.4. The normalized spacial score (nSPS) is 12.8. The van der Waals surface area contributed by atoms with Crippen molar-refractivity contribution in [2.45, 2.75) is 18.6 Å². The smallest absolute Gasteiger partial charge is 0.244 e. The summed E-state index contributed by atoms with van der Waals surface area (Å²) >= 11 is 0. The number of hydrogen-bond acceptors (Lipinski definition) is 7. The van der Waals surface area contributed by atoms with Crippen molar-refractivity contribution in [2.75, 3.05) is 27.4 Å². The number of aromatic nitrogens is 1. The molecule has 0 aliphatic rings. The molecule has 3 aromatic carbocycles. The average Bonchev–Trinajstić information content (AvgIpc) is 3.36. The van der Waals surface area contributed by atoms with E-state index in [-0.39, 0.29) is 11.7 Å². The van der Waals surface area contributed by atoms with E-state index in [0.717, 1.165) is 22.0 Å². The van der Waals surface area contributed by atoms with Crippen LogP contribution in [0.1, 0.15) is 22.8 Å². The third-order valence-corrected chi connectivity index (χ3v) is 6.32. The van der Waals surface area contributed by atoms with Crippen LogP contribution in [-0.4, -0.2) is 59.7 Å². The predicted molar refractivity (Wildman–Crippen MR) is 148 cm³/mol.